The minimum atomic E-state index is -0.320. The molecule has 1 aliphatic heterocycles. The number of anilines is 1. The van der Waals surface area contributed by atoms with E-state index in [4.69, 9.17) is 11.6 Å². The molecule has 2 aliphatic carbocycles. The van der Waals surface area contributed by atoms with Crippen LogP contribution in [0.1, 0.15) is 34.5 Å². The monoisotopic (exact) mass is 414 g/mol. The van der Waals surface area contributed by atoms with Gasteiger partial charge in [0.2, 0.25) is 11.8 Å². The molecule has 5 rings (SSSR count). The molecule has 144 valence electrons. The average Bonchev–Trinajstić information content (AvgIpc) is 3.46. The average molecular weight is 415 g/mol. The van der Waals surface area contributed by atoms with Crippen LogP contribution >= 0.6 is 22.9 Å². The summed E-state index contributed by atoms with van der Waals surface area (Å²) in [7, 11) is 0. The summed E-state index contributed by atoms with van der Waals surface area (Å²) < 4.78 is 0. The summed E-state index contributed by atoms with van der Waals surface area (Å²) in [5.41, 5.74) is 0.714. The predicted molar refractivity (Wildman–Crippen MR) is 107 cm³/mol. The van der Waals surface area contributed by atoms with Crippen molar-refractivity contribution in [2.45, 2.75) is 25.8 Å². The fourth-order valence-electron chi connectivity index (χ4n) is 5.17. The molecule has 3 aliphatic rings. The van der Waals surface area contributed by atoms with E-state index in [1.807, 2.05) is 17.5 Å². The number of amides is 3. The van der Waals surface area contributed by atoms with Crippen molar-refractivity contribution in [3.63, 3.8) is 0 Å². The van der Waals surface area contributed by atoms with E-state index < -0.39 is 0 Å². The Morgan fingerprint density at radius 3 is 2.50 bits per heavy atom. The number of hydrogen-bond donors (Lipinski definition) is 1. The Bertz CT molecular complexity index is 946. The number of carbonyl (C=O) groups excluding carboxylic acids is 3. The molecule has 4 atom stereocenters. The first-order chi connectivity index (χ1) is 13.5. The fourth-order valence-corrected chi connectivity index (χ4v) is 6.01. The fraction of sp³-hybridized carbons (Fsp3) is 0.381. The minimum Gasteiger partial charge on any atom is -0.347 e. The van der Waals surface area contributed by atoms with Gasteiger partial charge in [0.1, 0.15) is 0 Å². The molecule has 1 aromatic carbocycles. The highest BCUT2D eigenvalue weighted by Gasteiger charge is 2.61. The molecular formula is C21H19ClN2O3S. The first-order valence-electron chi connectivity index (χ1n) is 9.52. The molecule has 2 aromatic rings. The van der Waals surface area contributed by atoms with E-state index in [1.165, 1.54) is 4.90 Å². The normalized spacial score (nSPS) is 28.1. The van der Waals surface area contributed by atoms with Crippen LogP contribution in [0.3, 0.4) is 0 Å². The standard InChI is InChI=1S/C21H19ClN2O3S/c22-16-6-5-13(9-15(16)19(25)23-10-14-2-1-7-28-14)24-20(26)17-11-3-4-12(8-11)18(17)21(24)27/h1-2,5-7,9,11-12,17-18H,3-4,8,10H2,(H,23,25)/t11-,12-,17-,18+/m1/s1. The van der Waals surface area contributed by atoms with Gasteiger partial charge < -0.3 is 5.32 Å². The van der Waals surface area contributed by atoms with Gasteiger partial charge in [0, 0.05) is 4.88 Å². The Kier molecular flexibility index (Phi) is 4.29. The van der Waals surface area contributed by atoms with E-state index in [2.05, 4.69) is 5.32 Å². The summed E-state index contributed by atoms with van der Waals surface area (Å²) in [4.78, 5) is 41.0. The van der Waals surface area contributed by atoms with Crippen LogP contribution in [0.5, 0.6) is 0 Å². The van der Waals surface area contributed by atoms with Gasteiger partial charge in [0.05, 0.1) is 34.7 Å². The lowest BCUT2D eigenvalue weighted by Gasteiger charge is -2.19. The first-order valence-corrected chi connectivity index (χ1v) is 10.8. The zero-order valence-corrected chi connectivity index (χ0v) is 16.6. The van der Waals surface area contributed by atoms with E-state index in [0.29, 0.717) is 29.1 Å². The molecule has 5 nitrogen and oxygen atoms in total. The lowest BCUT2D eigenvalue weighted by atomic mass is 9.81. The van der Waals surface area contributed by atoms with Crippen LogP contribution in [0.4, 0.5) is 5.69 Å². The van der Waals surface area contributed by atoms with Gasteiger partial charge in [-0.25, -0.2) is 0 Å². The van der Waals surface area contributed by atoms with E-state index >= 15 is 0 Å². The lowest BCUT2D eigenvalue weighted by molar-refractivity contribution is -0.123. The van der Waals surface area contributed by atoms with Gasteiger partial charge in [-0.1, -0.05) is 17.7 Å². The van der Waals surface area contributed by atoms with Crippen molar-refractivity contribution in [3.05, 3.63) is 51.2 Å². The molecule has 0 radical (unpaired) electrons. The van der Waals surface area contributed by atoms with Crippen LogP contribution in [0.2, 0.25) is 5.02 Å². The van der Waals surface area contributed by atoms with Gasteiger partial charge in [-0.05, 0) is 60.7 Å². The van der Waals surface area contributed by atoms with E-state index in [0.717, 1.165) is 24.1 Å². The van der Waals surface area contributed by atoms with E-state index in [-0.39, 0.29) is 35.1 Å². The van der Waals surface area contributed by atoms with Gasteiger partial charge in [-0.3, -0.25) is 19.3 Å². The summed E-state index contributed by atoms with van der Waals surface area (Å²) in [5, 5.41) is 5.09. The van der Waals surface area contributed by atoms with Crippen LogP contribution in [0.15, 0.2) is 35.7 Å². The number of imide groups is 1. The molecule has 7 heteroatoms. The molecule has 1 saturated heterocycles. The predicted octanol–water partition coefficient (Wildman–Crippen LogP) is 3.87. The Hall–Kier alpha value is -2.18. The van der Waals surface area contributed by atoms with Gasteiger partial charge in [0.15, 0.2) is 0 Å². The summed E-state index contributed by atoms with van der Waals surface area (Å²) in [6, 6.07) is 8.66. The van der Waals surface area contributed by atoms with Gasteiger partial charge in [0.25, 0.3) is 5.91 Å². The van der Waals surface area contributed by atoms with Crippen molar-refractivity contribution in [2.75, 3.05) is 4.90 Å². The Morgan fingerprint density at radius 1 is 1.14 bits per heavy atom. The van der Waals surface area contributed by atoms with Crippen LogP contribution < -0.4 is 10.2 Å². The zero-order chi connectivity index (χ0) is 19.4. The molecule has 28 heavy (non-hydrogen) atoms. The number of nitrogens with zero attached hydrogens (tertiary/aromatic N) is 1. The number of carbonyl (C=O) groups is 3. The highest BCUT2D eigenvalue weighted by Crippen LogP contribution is 2.56. The maximum Gasteiger partial charge on any atom is 0.253 e. The van der Waals surface area contributed by atoms with Crippen molar-refractivity contribution >= 4 is 46.3 Å². The number of benzene rings is 1. The van der Waals surface area contributed by atoms with E-state index in [1.54, 1.807) is 29.5 Å². The number of hydrogen-bond acceptors (Lipinski definition) is 4. The first kappa shape index (κ1) is 17.9. The molecule has 1 N–H and O–H groups in total. The second-order valence-corrected chi connectivity index (χ2v) is 9.26. The van der Waals surface area contributed by atoms with Crippen LogP contribution in [-0.4, -0.2) is 17.7 Å². The molecular weight excluding hydrogens is 396 g/mol. The quantitative estimate of drug-likeness (QED) is 0.772. The Morgan fingerprint density at radius 2 is 1.86 bits per heavy atom. The SMILES string of the molecule is O=C(NCc1cccs1)c1cc(N2C(=O)[C@@H]3[C@@H]4CC[C@H](C4)[C@@H]3C2=O)ccc1Cl. The summed E-state index contributed by atoms with van der Waals surface area (Å²) >= 11 is 7.80. The smallest absolute Gasteiger partial charge is 0.253 e. The number of halogens is 1. The molecule has 2 saturated carbocycles. The third kappa shape index (κ3) is 2.70. The maximum absolute atomic E-state index is 13.0. The van der Waals surface area contributed by atoms with Crippen LogP contribution in [0.25, 0.3) is 0 Å². The second kappa shape index (κ2) is 6.71. The van der Waals surface area contributed by atoms with Crippen LogP contribution in [-0.2, 0) is 16.1 Å². The van der Waals surface area contributed by atoms with Crippen LogP contribution in [0, 0.1) is 23.7 Å². The third-order valence-corrected chi connectivity index (χ3v) is 7.59. The lowest BCUT2D eigenvalue weighted by Crippen LogP contribution is -2.33. The molecule has 0 unspecified atom stereocenters. The molecule has 2 heterocycles. The van der Waals surface area contributed by atoms with Gasteiger partial charge in [-0.2, -0.15) is 0 Å². The number of fused-ring (bicyclic) bond motifs is 5. The van der Waals surface area contributed by atoms with Crippen molar-refractivity contribution < 1.29 is 14.4 Å². The molecule has 0 spiro atoms. The number of rotatable bonds is 4. The Balaban J connectivity index is 1.40. The summed E-state index contributed by atoms with van der Waals surface area (Å²) in [6.07, 6.45) is 3.07. The molecule has 3 amide bonds. The summed E-state index contributed by atoms with van der Waals surface area (Å²) in [6.45, 7) is 0.409. The van der Waals surface area contributed by atoms with E-state index in [9.17, 15) is 14.4 Å². The third-order valence-electron chi connectivity index (χ3n) is 6.38. The van der Waals surface area contributed by atoms with Crippen molar-refractivity contribution in [1.82, 2.24) is 5.32 Å². The van der Waals surface area contributed by atoms with Crippen molar-refractivity contribution in [3.8, 4) is 0 Å². The molecule has 3 fully saturated rings. The Labute approximate surface area is 171 Å². The van der Waals surface area contributed by atoms with Gasteiger partial charge in [-0.15, -0.1) is 11.3 Å². The molecule has 1 aromatic heterocycles. The highest BCUT2D eigenvalue weighted by molar-refractivity contribution is 7.09. The topological polar surface area (TPSA) is 66.5 Å². The number of nitrogens with one attached hydrogen (secondary N) is 1. The second-order valence-electron chi connectivity index (χ2n) is 7.82. The highest BCUT2D eigenvalue weighted by atomic mass is 35.5. The van der Waals surface area contributed by atoms with Crippen molar-refractivity contribution in [2.24, 2.45) is 23.7 Å². The largest absolute Gasteiger partial charge is 0.347 e. The zero-order valence-electron chi connectivity index (χ0n) is 15.1. The maximum atomic E-state index is 13.0. The molecule has 2 bridgehead atoms. The van der Waals surface area contributed by atoms with Crippen molar-refractivity contribution in [1.29, 1.82) is 0 Å². The van der Waals surface area contributed by atoms with Gasteiger partial charge >= 0.3 is 0 Å². The number of thiophene rings is 1. The minimum absolute atomic E-state index is 0.116. The summed E-state index contributed by atoms with van der Waals surface area (Å²) in [5.74, 6) is -0.255.